The maximum absolute atomic E-state index is 14.0. The van der Waals surface area contributed by atoms with Crippen molar-refractivity contribution in [2.45, 2.75) is 57.8 Å². The minimum Gasteiger partial charge on any atom is -1.00 e. The number of hydrogen-bond acceptors (Lipinski definition) is 4. The van der Waals surface area contributed by atoms with Crippen molar-refractivity contribution < 1.29 is 49.6 Å². The molecule has 2 atom stereocenters. The van der Waals surface area contributed by atoms with E-state index in [2.05, 4.69) is 5.32 Å². The number of rotatable bonds is 12. The minimum atomic E-state index is -1.18. The number of nitrogens with zero attached hydrogens (tertiary/aromatic N) is 1. The molecule has 1 aromatic heterocycles. The van der Waals surface area contributed by atoms with Crippen LogP contribution in [0.5, 0.6) is 0 Å². The molecule has 0 spiro atoms. The maximum Gasteiger partial charge on any atom is 1.00 e. The molecule has 0 radical (unpaired) electrons. The van der Waals surface area contributed by atoms with Crippen molar-refractivity contribution in [3.8, 4) is 22.4 Å². The summed E-state index contributed by atoms with van der Waals surface area (Å²) >= 11 is 0. The molecule has 3 aromatic carbocycles. The summed E-state index contributed by atoms with van der Waals surface area (Å²) in [5.41, 5.74) is 4.77. The number of carboxylic acids is 1. The largest absolute Gasteiger partial charge is 1.00 e. The predicted molar refractivity (Wildman–Crippen MR) is 158 cm³/mol. The summed E-state index contributed by atoms with van der Waals surface area (Å²) in [4.78, 5) is 25.0. The first-order valence-electron chi connectivity index (χ1n) is 13.7. The Morgan fingerprint density at radius 1 is 0.881 bits per heavy atom. The van der Waals surface area contributed by atoms with E-state index in [4.69, 9.17) is 5.11 Å². The number of hydrogen-bond donors (Lipinski definition) is 4. The van der Waals surface area contributed by atoms with E-state index in [0.717, 1.165) is 11.3 Å². The van der Waals surface area contributed by atoms with Crippen LogP contribution in [-0.2, 0) is 11.3 Å². The third-order valence-corrected chi connectivity index (χ3v) is 6.93. The second-order valence-electron chi connectivity index (χ2n) is 10.4. The van der Waals surface area contributed by atoms with Crippen LogP contribution in [0.15, 0.2) is 84.9 Å². The molecule has 0 bridgehead atoms. The van der Waals surface area contributed by atoms with Gasteiger partial charge in [0.1, 0.15) is 5.82 Å². The Balaban J connectivity index is 0.00000323. The Labute approximate surface area is 258 Å². The fourth-order valence-corrected chi connectivity index (χ4v) is 5.20. The molecular weight excluding hydrogens is 530 g/mol. The number of aliphatic hydroxyl groups excluding tert-OH is 2. The molecule has 4 rings (SSSR count). The number of carbonyl (C=O) groups excluding carboxylic acids is 1. The monoisotopic (exact) mass is 566 g/mol. The van der Waals surface area contributed by atoms with Crippen LogP contribution in [0, 0.1) is 5.82 Å². The van der Waals surface area contributed by atoms with Crippen LogP contribution in [0.1, 0.15) is 56.5 Å². The van der Waals surface area contributed by atoms with Crippen LogP contribution in [0.2, 0.25) is 0 Å². The molecule has 42 heavy (non-hydrogen) atoms. The van der Waals surface area contributed by atoms with Gasteiger partial charge in [-0.05, 0) is 66.3 Å². The summed E-state index contributed by atoms with van der Waals surface area (Å²) in [6, 6.07) is 24.8. The number of halogens is 1. The van der Waals surface area contributed by atoms with E-state index in [1.54, 1.807) is 12.1 Å². The van der Waals surface area contributed by atoms with Crippen molar-refractivity contribution in [3.05, 3.63) is 102 Å². The van der Waals surface area contributed by atoms with Crippen LogP contribution in [0.4, 0.5) is 10.1 Å². The zero-order chi connectivity index (χ0) is 29.5. The van der Waals surface area contributed by atoms with Gasteiger partial charge in [-0.2, -0.15) is 0 Å². The smallest absolute Gasteiger partial charge is 1.00 e. The molecule has 0 saturated heterocycles. The Bertz CT molecular complexity index is 1480. The number of aromatic nitrogens is 1. The average Bonchev–Trinajstić information content (AvgIpc) is 3.28. The van der Waals surface area contributed by atoms with Crippen LogP contribution in [-0.4, -0.2) is 44.0 Å². The molecule has 4 N–H and O–H groups in total. The minimum absolute atomic E-state index is 0. The Hall–Kier alpha value is -3.67. The fourth-order valence-electron chi connectivity index (χ4n) is 5.20. The molecule has 216 valence electrons. The van der Waals surface area contributed by atoms with Crippen molar-refractivity contribution in [1.29, 1.82) is 0 Å². The number of anilines is 1. The molecule has 0 aliphatic carbocycles. The van der Waals surface area contributed by atoms with E-state index < -0.39 is 24.6 Å². The summed E-state index contributed by atoms with van der Waals surface area (Å²) in [6.07, 6.45) is -2.51. The molecule has 0 aliphatic heterocycles. The van der Waals surface area contributed by atoms with Crippen LogP contribution in [0.25, 0.3) is 22.4 Å². The molecule has 4 aromatic rings. The molecule has 1 heterocycles. The van der Waals surface area contributed by atoms with E-state index in [9.17, 15) is 24.2 Å². The van der Waals surface area contributed by atoms with Crippen molar-refractivity contribution >= 4 is 17.6 Å². The van der Waals surface area contributed by atoms with Gasteiger partial charge in [0.15, 0.2) is 0 Å². The van der Waals surface area contributed by atoms with E-state index in [1.165, 1.54) is 12.1 Å². The van der Waals surface area contributed by atoms with Gasteiger partial charge in [0.2, 0.25) is 0 Å². The van der Waals surface area contributed by atoms with E-state index in [-0.39, 0.29) is 57.3 Å². The van der Waals surface area contributed by atoms with Gasteiger partial charge in [0, 0.05) is 23.5 Å². The number of nitrogens with one attached hydrogen (secondary N) is 1. The van der Waals surface area contributed by atoms with Crippen LogP contribution in [0.3, 0.4) is 0 Å². The summed E-state index contributed by atoms with van der Waals surface area (Å²) in [7, 11) is 0. The topological polar surface area (TPSA) is 112 Å². The van der Waals surface area contributed by atoms with Crippen molar-refractivity contribution in [2.75, 3.05) is 5.32 Å². The number of aliphatic carboxylic acids is 1. The number of carbonyl (C=O) groups is 2. The molecular formula is C33H36FLiN2O5. The first kappa shape index (κ1) is 32.8. The fraction of sp³-hybridized carbons (Fsp3) is 0.273. The van der Waals surface area contributed by atoms with Crippen LogP contribution >= 0.6 is 0 Å². The second kappa shape index (κ2) is 15.0. The summed E-state index contributed by atoms with van der Waals surface area (Å²) < 4.78 is 16.0. The Kier molecular flexibility index (Phi) is 11.7. The third-order valence-electron chi connectivity index (χ3n) is 6.93. The SMILES string of the molecule is CC(C)c1c(C(=O)Nc2ccccc2)c(-c2ccccc2)c(-c2ccc(F)cc2)n1CC[C@@H](O)C[C@@H](O)CC(=O)O.[H-].[Li+]. The van der Waals surface area contributed by atoms with Gasteiger partial charge in [0.05, 0.1) is 29.9 Å². The first-order chi connectivity index (χ1) is 19.7. The standard InChI is InChI=1S/C33H35FN2O5.Li.H/c1-21(2)31-30(33(41)35-25-11-7-4-8-12-25)29(22-9-5-3-6-10-22)32(23-13-15-24(34)16-14-23)36(31)18-17-26(37)19-27(38)20-28(39)40;;/h3-16,21,26-27,37-38H,17-20H2,1-2H3,(H,35,41)(H,39,40);;/q;+1;-1/t26-,27-;;/m1../s1. The number of para-hydroxylation sites is 1. The number of carboxylic acid groups (broad SMARTS) is 1. The Morgan fingerprint density at radius 2 is 1.48 bits per heavy atom. The van der Waals surface area contributed by atoms with Gasteiger partial charge in [0.25, 0.3) is 5.91 Å². The van der Waals surface area contributed by atoms with Gasteiger partial charge in [-0.1, -0.05) is 62.4 Å². The number of aliphatic hydroxyl groups is 2. The quantitative estimate of drug-likeness (QED) is 0.197. The van der Waals surface area contributed by atoms with Gasteiger partial charge in [-0.15, -0.1) is 0 Å². The zero-order valence-corrected chi connectivity index (χ0v) is 24.1. The molecule has 0 unspecified atom stereocenters. The summed E-state index contributed by atoms with van der Waals surface area (Å²) in [5.74, 6) is -1.93. The maximum atomic E-state index is 14.0. The first-order valence-corrected chi connectivity index (χ1v) is 13.7. The molecule has 0 fully saturated rings. The van der Waals surface area contributed by atoms with Gasteiger partial charge in [-0.3, -0.25) is 9.59 Å². The summed E-state index contributed by atoms with van der Waals surface area (Å²) in [5, 5.41) is 32.8. The van der Waals surface area contributed by atoms with Gasteiger partial charge in [-0.25, -0.2) is 4.39 Å². The van der Waals surface area contributed by atoms with E-state index >= 15 is 0 Å². The third kappa shape index (κ3) is 7.99. The normalized spacial score (nSPS) is 12.4. The molecule has 1 amide bonds. The molecule has 0 aliphatic rings. The molecule has 9 heteroatoms. The predicted octanol–water partition coefficient (Wildman–Crippen LogP) is 3.43. The van der Waals surface area contributed by atoms with E-state index in [0.29, 0.717) is 28.1 Å². The number of amides is 1. The summed E-state index contributed by atoms with van der Waals surface area (Å²) in [6.45, 7) is 4.25. The molecule has 7 nitrogen and oxygen atoms in total. The van der Waals surface area contributed by atoms with E-state index in [1.807, 2.05) is 79.1 Å². The zero-order valence-electron chi connectivity index (χ0n) is 25.1. The van der Waals surface area contributed by atoms with Crippen molar-refractivity contribution in [3.63, 3.8) is 0 Å². The van der Waals surface area contributed by atoms with Gasteiger partial charge >= 0.3 is 24.8 Å². The average molecular weight is 567 g/mol. The van der Waals surface area contributed by atoms with Crippen LogP contribution < -0.4 is 24.2 Å². The van der Waals surface area contributed by atoms with Gasteiger partial charge < -0.3 is 26.6 Å². The molecule has 0 saturated carbocycles. The van der Waals surface area contributed by atoms with Crippen molar-refractivity contribution in [2.24, 2.45) is 0 Å². The van der Waals surface area contributed by atoms with Crippen molar-refractivity contribution in [1.82, 2.24) is 4.57 Å². The second-order valence-corrected chi connectivity index (χ2v) is 10.4. The number of benzene rings is 3. The Morgan fingerprint density at radius 3 is 2.05 bits per heavy atom.